The predicted octanol–water partition coefficient (Wildman–Crippen LogP) is 0.190. The van der Waals surface area contributed by atoms with Crippen LogP contribution in [-0.2, 0) is 25.3 Å². The molecule has 1 aromatic rings. The molecule has 1 N–H and O–H groups in total. The van der Waals surface area contributed by atoms with E-state index in [4.69, 9.17) is 4.74 Å². The number of nitrogens with one attached hydrogen (secondary N) is 1. The molecular weight excluding hydrogens is 260 g/mol. The molecule has 0 unspecified atom stereocenters. The highest BCUT2D eigenvalue weighted by Crippen LogP contribution is 2.25. The van der Waals surface area contributed by atoms with Gasteiger partial charge in [-0.15, -0.1) is 0 Å². The third-order valence-corrected chi connectivity index (χ3v) is 3.95. The fraction of sp³-hybridized carbons (Fsp3) is 0.600. The minimum absolute atomic E-state index is 0.243. The molecule has 0 aromatic carbocycles. The van der Waals surface area contributed by atoms with Gasteiger partial charge in [-0.25, -0.2) is 8.42 Å². The Morgan fingerprint density at radius 3 is 2.94 bits per heavy atom. The SMILES string of the molecule is C[C@@]1(C(=O)NS(=O)(=O)Cc2ccon2)CCCO1. The molecule has 1 aliphatic heterocycles. The van der Waals surface area contributed by atoms with Crippen molar-refractivity contribution in [1.29, 1.82) is 0 Å². The Morgan fingerprint density at radius 1 is 1.61 bits per heavy atom. The number of hydrogen-bond acceptors (Lipinski definition) is 6. The summed E-state index contributed by atoms with van der Waals surface area (Å²) in [6, 6.07) is 1.43. The average molecular weight is 274 g/mol. The van der Waals surface area contributed by atoms with Crippen molar-refractivity contribution in [2.75, 3.05) is 6.61 Å². The maximum absolute atomic E-state index is 11.9. The van der Waals surface area contributed by atoms with Gasteiger partial charge in [0.1, 0.15) is 23.3 Å². The summed E-state index contributed by atoms with van der Waals surface area (Å²) in [5.74, 6) is -1.03. The molecule has 1 aromatic heterocycles. The smallest absolute Gasteiger partial charge is 0.265 e. The van der Waals surface area contributed by atoms with Crippen molar-refractivity contribution in [3.8, 4) is 0 Å². The van der Waals surface area contributed by atoms with Crippen molar-refractivity contribution in [2.24, 2.45) is 0 Å². The van der Waals surface area contributed by atoms with Gasteiger partial charge < -0.3 is 9.26 Å². The molecule has 1 saturated heterocycles. The molecule has 1 atom stereocenters. The van der Waals surface area contributed by atoms with Gasteiger partial charge in [-0.2, -0.15) is 0 Å². The fourth-order valence-electron chi connectivity index (χ4n) is 1.75. The highest BCUT2D eigenvalue weighted by molar-refractivity contribution is 7.89. The number of carbonyl (C=O) groups is 1. The van der Waals surface area contributed by atoms with Crippen LogP contribution in [0.3, 0.4) is 0 Å². The predicted molar refractivity (Wildman–Crippen MR) is 60.9 cm³/mol. The minimum Gasteiger partial charge on any atom is -0.365 e. The minimum atomic E-state index is -3.78. The van der Waals surface area contributed by atoms with E-state index in [1.165, 1.54) is 12.3 Å². The van der Waals surface area contributed by atoms with Gasteiger partial charge in [0.05, 0.1) is 0 Å². The van der Waals surface area contributed by atoms with Crippen molar-refractivity contribution in [1.82, 2.24) is 9.88 Å². The second-order valence-corrected chi connectivity index (χ2v) is 6.09. The molecule has 0 aliphatic carbocycles. The molecule has 2 rings (SSSR count). The van der Waals surface area contributed by atoms with Crippen molar-refractivity contribution in [2.45, 2.75) is 31.1 Å². The third kappa shape index (κ3) is 2.88. The van der Waals surface area contributed by atoms with E-state index in [2.05, 4.69) is 9.68 Å². The van der Waals surface area contributed by atoms with Crippen LogP contribution in [0.5, 0.6) is 0 Å². The Labute approximate surface area is 105 Å². The highest BCUT2D eigenvalue weighted by Gasteiger charge is 2.39. The Bertz CT molecular complexity index is 516. The maximum atomic E-state index is 11.9. The first kappa shape index (κ1) is 13.0. The van der Waals surface area contributed by atoms with Crippen LogP contribution in [0.4, 0.5) is 0 Å². The molecule has 1 aliphatic rings. The normalized spacial score (nSPS) is 24.1. The lowest BCUT2D eigenvalue weighted by Gasteiger charge is -2.21. The van der Waals surface area contributed by atoms with E-state index in [1.807, 2.05) is 4.72 Å². The van der Waals surface area contributed by atoms with Gasteiger partial charge in [0.25, 0.3) is 5.91 Å². The topological polar surface area (TPSA) is 98.5 Å². The van der Waals surface area contributed by atoms with Crippen molar-refractivity contribution < 1.29 is 22.5 Å². The van der Waals surface area contributed by atoms with Crippen LogP contribution in [0.1, 0.15) is 25.5 Å². The molecule has 0 saturated carbocycles. The summed E-state index contributed by atoms with van der Waals surface area (Å²) in [4.78, 5) is 11.9. The van der Waals surface area contributed by atoms with Crippen LogP contribution in [0.15, 0.2) is 16.9 Å². The molecule has 0 bridgehead atoms. The lowest BCUT2D eigenvalue weighted by atomic mass is 10.0. The summed E-state index contributed by atoms with van der Waals surface area (Å²) in [7, 11) is -3.78. The van der Waals surface area contributed by atoms with Gasteiger partial charge in [-0.1, -0.05) is 5.16 Å². The van der Waals surface area contributed by atoms with Gasteiger partial charge in [0, 0.05) is 12.7 Å². The van der Waals surface area contributed by atoms with Gasteiger partial charge in [-0.3, -0.25) is 9.52 Å². The number of nitrogens with zero attached hydrogens (tertiary/aromatic N) is 1. The van der Waals surface area contributed by atoms with E-state index in [-0.39, 0.29) is 5.69 Å². The zero-order chi connectivity index (χ0) is 13.2. The highest BCUT2D eigenvalue weighted by atomic mass is 32.2. The molecule has 1 fully saturated rings. The van der Waals surface area contributed by atoms with E-state index in [1.54, 1.807) is 6.92 Å². The molecule has 7 nitrogen and oxygen atoms in total. The van der Waals surface area contributed by atoms with E-state index >= 15 is 0 Å². The molecule has 0 spiro atoms. The van der Waals surface area contributed by atoms with Gasteiger partial charge >= 0.3 is 0 Å². The average Bonchev–Trinajstić information content (AvgIpc) is 2.89. The molecule has 18 heavy (non-hydrogen) atoms. The summed E-state index contributed by atoms with van der Waals surface area (Å²) < 4.78 is 35.3. The van der Waals surface area contributed by atoms with E-state index < -0.39 is 27.3 Å². The lowest BCUT2D eigenvalue weighted by Crippen LogP contribution is -2.46. The second-order valence-electron chi connectivity index (χ2n) is 4.36. The zero-order valence-corrected chi connectivity index (χ0v) is 10.7. The Hall–Kier alpha value is -1.41. The van der Waals surface area contributed by atoms with Crippen LogP contribution in [-0.4, -0.2) is 31.7 Å². The van der Waals surface area contributed by atoms with Gasteiger partial charge in [-0.05, 0) is 19.8 Å². The third-order valence-electron chi connectivity index (χ3n) is 2.78. The molecule has 0 radical (unpaired) electrons. The van der Waals surface area contributed by atoms with E-state index in [0.717, 1.165) is 6.42 Å². The zero-order valence-electron chi connectivity index (χ0n) is 9.88. The number of amides is 1. The first-order valence-corrected chi connectivity index (χ1v) is 7.15. The number of aromatic nitrogens is 1. The second kappa shape index (κ2) is 4.69. The summed E-state index contributed by atoms with van der Waals surface area (Å²) >= 11 is 0. The molecule has 2 heterocycles. The maximum Gasteiger partial charge on any atom is 0.265 e. The Kier molecular flexibility index (Phi) is 3.40. The summed E-state index contributed by atoms with van der Waals surface area (Å²) in [5, 5.41) is 3.49. The quantitative estimate of drug-likeness (QED) is 0.841. The molecular formula is C10H14N2O5S. The van der Waals surface area contributed by atoms with Crippen LogP contribution in [0.25, 0.3) is 0 Å². The van der Waals surface area contributed by atoms with Crippen LogP contribution in [0.2, 0.25) is 0 Å². The molecule has 1 amide bonds. The summed E-state index contributed by atoms with van der Waals surface area (Å²) in [6.07, 6.45) is 2.53. The Balaban J connectivity index is 2.02. The largest absolute Gasteiger partial charge is 0.365 e. The van der Waals surface area contributed by atoms with Gasteiger partial charge in [0.2, 0.25) is 10.0 Å². The van der Waals surface area contributed by atoms with Crippen molar-refractivity contribution >= 4 is 15.9 Å². The number of ether oxygens (including phenoxy) is 1. The van der Waals surface area contributed by atoms with E-state index in [9.17, 15) is 13.2 Å². The molecule has 100 valence electrons. The van der Waals surface area contributed by atoms with Crippen LogP contribution in [0, 0.1) is 0 Å². The standard InChI is InChI=1S/C10H14N2O5S/c1-10(4-2-5-16-10)9(13)12-18(14,15)7-8-3-6-17-11-8/h3,6H,2,4-5,7H2,1H3,(H,12,13)/t10-/m0/s1. The first-order valence-electron chi connectivity index (χ1n) is 5.49. The van der Waals surface area contributed by atoms with E-state index in [0.29, 0.717) is 13.0 Å². The number of hydrogen-bond donors (Lipinski definition) is 1. The van der Waals surface area contributed by atoms with Crippen LogP contribution >= 0.6 is 0 Å². The van der Waals surface area contributed by atoms with Crippen LogP contribution < -0.4 is 4.72 Å². The first-order chi connectivity index (χ1) is 8.41. The summed E-state index contributed by atoms with van der Waals surface area (Å²) in [6.45, 7) is 2.05. The van der Waals surface area contributed by atoms with Crippen molar-refractivity contribution in [3.05, 3.63) is 18.0 Å². The summed E-state index contributed by atoms with van der Waals surface area (Å²) in [5.41, 5.74) is -0.815. The number of carbonyl (C=O) groups excluding carboxylic acids is 1. The Morgan fingerprint density at radius 2 is 2.39 bits per heavy atom. The molecule has 8 heteroatoms. The number of sulfonamides is 1. The fourth-order valence-corrected chi connectivity index (χ4v) is 2.86. The number of rotatable bonds is 4. The van der Waals surface area contributed by atoms with Gasteiger partial charge in [0.15, 0.2) is 0 Å². The van der Waals surface area contributed by atoms with Crippen molar-refractivity contribution in [3.63, 3.8) is 0 Å². The monoisotopic (exact) mass is 274 g/mol. The lowest BCUT2D eigenvalue weighted by molar-refractivity contribution is -0.137.